The van der Waals surface area contributed by atoms with E-state index in [1.807, 2.05) is 38.2 Å². The van der Waals surface area contributed by atoms with Crippen LogP contribution in [-0.4, -0.2) is 26.6 Å². The van der Waals surface area contributed by atoms with Gasteiger partial charge >= 0.3 is 0 Å². The summed E-state index contributed by atoms with van der Waals surface area (Å²) in [5.74, 6) is 1.51. The molecule has 0 aliphatic carbocycles. The molecule has 3 aromatic rings. The third-order valence-electron chi connectivity index (χ3n) is 3.24. The Morgan fingerprint density at radius 2 is 2.15 bits per heavy atom. The second-order valence-corrected chi connectivity index (χ2v) is 4.66. The van der Waals surface area contributed by atoms with E-state index in [9.17, 15) is 0 Å². The van der Waals surface area contributed by atoms with E-state index in [0.29, 0.717) is 12.3 Å². The van der Waals surface area contributed by atoms with Gasteiger partial charge in [-0.25, -0.2) is 4.98 Å². The lowest BCUT2D eigenvalue weighted by Gasteiger charge is -2.20. The Labute approximate surface area is 116 Å². The normalized spacial score (nSPS) is 10.9. The third kappa shape index (κ3) is 2.10. The smallest absolute Gasteiger partial charge is 0.254 e. The van der Waals surface area contributed by atoms with Crippen molar-refractivity contribution < 1.29 is 0 Å². The first kappa shape index (κ1) is 12.6. The highest BCUT2D eigenvalue weighted by Crippen LogP contribution is 2.24. The van der Waals surface area contributed by atoms with Gasteiger partial charge in [-0.15, -0.1) is 0 Å². The highest BCUT2D eigenvalue weighted by Gasteiger charge is 2.11. The number of hydrogen-bond donors (Lipinski definition) is 1. The summed E-state index contributed by atoms with van der Waals surface area (Å²) in [7, 11) is 1.99. The van der Waals surface area contributed by atoms with Gasteiger partial charge in [-0.3, -0.25) is 0 Å². The minimum Gasteiger partial charge on any atom is -0.329 e. The molecule has 0 aliphatic heterocycles. The highest BCUT2D eigenvalue weighted by atomic mass is 15.4. The van der Waals surface area contributed by atoms with Crippen molar-refractivity contribution in [1.29, 1.82) is 0 Å². The summed E-state index contributed by atoms with van der Waals surface area (Å²) in [5, 5.41) is 4.23. The summed E-state index contributed by atoms with van der Waals surface area (Å²) in [6, 6.07) is 10.1. The van der Waals surface area contributed by atoms with Gasteiger partial charge in [0, 0.05) is 31.0 Å². The summed E-state index contributed by atoms with van der Waals surface area (Å²) in [6.07, 6.45) is 1.51. The molecule has 0 saturated carbocycles. The summed E-state index contributed by atoms with van der Waals surface area (Å²) >= 11 is 0. The Hall–Kier alpha value is -2.47. The van der Waals surface area contributed by atoms with E-state index in [2.05, 4.69) is 26.0 Å². The molecular formula is C14H16N6. The molecule has 2 aromatic heterocycles. The standard InChI is InChI=1S/C14H16N6/c1-10-6-13(20-14(18-10)16-9-17-20)19(2)12-5-3-4-11(7-12)8-15/h3-7,9H,8,15H2,1-2H3. The van der Waals surface area contributed by atoms with E-state index < -0.39 is 0 Å². The number of aromatic nitrogens is 4. The molecule has 20 heavy (non-hydrogen) atoms. The number of hydrogen-bond acceptors (Lipinski definition) is 5. The molecule has 2 N–H and O–H groups in total. The van der Waals surface area contributed by atoms with Crippen LogP contribution in [0.15, 0.2) is 36.7 Å². The Morgan fingerprint density at radius 3 is 2.95 bits per heavy atom. The molecule has 0 aliphatic rings. The highest BCUT2D eigenvalue weighted by molar-refractivity contribution is 5.62. The number of nitrogens with two attached hydrogens (primary N) is 1. The van der Waals surface area contributed by atoms with Gasteiger partial charge in [0.25, 0.3) is 5.78 Å². The maximum atomic E-state index is 5.70. The zero-order valence-corrected chi connectivity index (χ0v) is 11.5. The van der Waals surface area contributed by atoms with E-state index in [1.165, 1.54) is 6.33 Å². The Kier molecular flexibility index (Phi) is 3.08. The van der Waals surface area contributed by atoms with Crippen molar-refractivity contribution in [3.05, 3.63) is 47.9 Å². The third-order valence-corrected chi connectivity index (χ3v) is 3.24. The molecule has 0 amide bonds. The van der Waals surface area contributed by atoms with Crippen LogP contribution in [0.3, 0.4) is 0 Å². The largest absolute Gasteiger partial charge is 0.329 e. The van der Waals surface area contributed by atoms with Crippen molar-refractivity contribution in [3.63, 3.8) is 0 Å². The molecule has 3 rings (SSSR count). The van der Waals surface area contributed by atoms with Crippen molar-refractivity contribution in [3.8, 4) is 0 Å². The molecule has 2 heterocycles. The fourth-order valence-electron chi connectivity index (χ4n) is 2.17. The molecule has 0 radical (unpaired) electrons. The molecule has 0 bridgehead atoms. The maximum Gasteiger partial charge on any atom is 0.254 e. The van der Waals surface area contributed by atoms with E-state index in [4.69, 9.17) is 5.73 Å². The summed E-state index contributed by atoms with van der Waals surface area (Å²) in [5.41, 5.74) is 8.75. The number of rotatable bonds is 3. The molecule has 0 unspecified atom stereocenters. The summed E-state index contributed by atoms with van der Waals surface area (Å²) < 4.78 is 1.72. The fourth-order valence-corrected chi connectivity index (χ4v) is 2.17. The average molecular weight is 268 g/mol. The van der Waals surface area contributed by atoms with Crippen molar-refractivity contribution in [2.24, 2.45) is 5.73 Å². The summed E-state index contributed by atoms with van der Waals surface area (Å²) in [4.78, 5) is 10.5. The van der Waals surface area contributed by atoms with Gasteiger partial charge in [0.1, 0.15) is 12.1 Å². The first-order valence-electron chi connectivity index (χ1n) is 6.39. The Bertz CT molecular complexity index is 748. The van der Waals surface area contributed by atoms with Crippen LogP contribution in [0.4, 0.5) is 11.5 Å². The lowest BCUT2D eigenvalue weighted by atomic mass is 10.2. The average Bonchev–Trinajstić information content (AvgIpc) is 2.93. The lowest BCUT2D eigenvalue weighted by Crippen LogP contribution is -2.15. The Morgan fingerprint density at radius 1 is 1.30 bits per heavy atom. The Balaban J connectivity index is 2.11. The summed E-state index contributed by atoms with van der Waals surface area (Å²) in [6.45, 7) is 2.47. The fraction of sp³-hybridized carbons (Fsp3) is 0.214. The van der Waals surface area contributed by atoms with Crippen LogP contribution in [0.25, 0.3) is 5.78 Å². The molecule has 1 aromatic carbocycles. The van der Waals surface area contributed by atoms with Crippen LogP contribution in [0, 0.1) is 6.92 Å². The van der Waals surface area contributed by atoms with Gasteiger partial charge in [-0.2, -0.15) is 14.6 Å². The van der Waals surface area contributed by atoms with Gasteiger partial charge in [0.15, 0.2) is 0 Å². The zero-order valence-electron chi connectivity index (χ0n) is 11.5. The SMILES string of the molecule is Cc1cc(N(C)c2cccc(CN)c2)n2ncnc2n1. The number of fused-ring (bicyclic) bond motifs is 1. The molecule has 102 valence electrons. The monoisotopic (exact) mass is 268 g/mol. The molecular weight excluding hydrogens is 252 g/mol. The molecule has 0 fully saturated rings. The quantitative estimate of drug-likeness (QED) is 0.782. The van der Waals surface area contributed by atoms with Crippen LogP contribution in [0.1, 0.15) is 11.3 Å². The van der Waals surface area contributed by atoms with Gasteiger partial charge in [-0.05, 0) is 24.6 Å². The minimum atomic E-state index is 0.524. The van der Waals surface area contributed by atoms with E-state index in [1.54, 1.807) is 4.52 Å². The van der Waals surface area contributed by atoms with Crippen LogP contribution >= 0.6 is 0 Å². The molecule has 0 atom stereocenters. The van der Waals surface area contributed by atoms with Gasteiger partial charge in [-0.1, -0.05) is 12.1 Å². The lowest BCUT2D eigenvalue weighted by molar-refractivity contribution is 0.902. The van der Waals surface area contributed by atoms with E-state index in [0.717, 1.165) is 22.8 Å². The van der Waals surface area contributed by atoms with Crippen LogP contribution in [0.5, 0.6) is 0 Å². The molecule has 6 nitrogen and oxygen atoms in total. The van der Waals surface area contributed by atoms with E-state index >= 15 is 0 Å². The first-order valence-corrected chi connectivity index (χ1v) is 6.39. The molecule has 6 heteroatoms. The maximum absolute atomic E-state index is 5.70. The minimum absolute atomic E-state index is 0.524. The predicted molar refractivity (Wildman–Crippen MR) is 77.9 cm³/mol. The van der Waals surface area contributed by atoms with Gasteiger partial charge < -0.3 is 10.6 Å². The zero-order chi connectivity index (χ0) is 14.1. The van der Waals surface area contributed by atoms with Crippen molar-refractivity contribution in [2.75, 3.05) is 11.9 Å². The first-order chi connectivity index (χ1) is 9.69. The number of aryl methyl sites for hydroxylation is 1. The van der Waals surface area contributed by atoms with Crippen molar-refractivity contribution >= 4 is 17.3 Å². The van der Waals surface area contributed by atoms with Crippen LogP contribution in [-0.2, 0) is 6.54 Å². The van der Waals surface area contributed by atoms with Crippen LogP contribution in [0.2, 0.25) is 0 Å². The molecule has 0 spiro atoms. The second kappa shape index (κ2) is 4.90. The predicted octanol–water partition coefficient (Wildman–Crippen LogP) is 1.66. The topological polar surface area (TPSA) is 72.3 Å². The number of benzene rings is 1. The van der Waals surface area contributed by atoms with Crippen LogP contribution < -0.4 is 10.6 Å². The van der Waals surface area contributed by atoms with Gasteiger partial charge in [0.05, 0.1) is 0 Å². The number of nitrogens with zero attached hydrogens (tertiary/aromatic N) is 5. The van der Waals surface area contributed by atoms with Gasteiger partial charge in [0.2, 0.25) is 0 Å². The second-order valence-electron chi connectivity index (χ2n) is 4.66. The number of anilines is 2. The van der Waals surface area contributed by atoms with Crippen molar-refractivity contribution in [1.82, 2.24) is 19.6 Å². The molecule has 0 saturated heterocycles. The van der Waals surface area contributed by atoms with E-state index in [-0.39, 0.29) is 0 Å². The van der Waals surface area contributed by atoms with Crippen molar-refractivity contribution in [2.45, 2.75) is 13.5 Å².